The summed E-state index contributed by atoms with van der Waals surface area (Å²) in [5.74, 6) is -0.967. The summed E-state index contributed by atoms with van der Waals surface area (Å²) < 4.78 is 0. The molecule has 1 aliphatic rings. The van der Waals surface area contributed by atoms with E-state index in [9.17, 15) is 9.90 Å². The Labute approximate surface area is 140 Å². The third-order valence-corrected chi connectivity index (χ3v) is 5.48. The number of carbonyl (C=O) groups is 1. The number of aliphatic carboxylic acids is 1. The van der Waals surface area contributed by atoms with Gasteiger partial charge in [-0.05, 0) is 62.4 Å². The van der Waals surface area contributed by atoms with Gasteiger partial charge in [0, 0.05) is 17.1 Å². The number of hydrogen-bond acceptors (Lipinski definition) is 4. The van der Waals surface area contributed by atoms with Gasteiger partial charge in [0.05, 0.1) is 17.7 Å². The Bertz CT molecular complexity index is 698. The van der Waals surface area contributed by atoms with Crippen LogP contribution < -0.4 is 0 Å². The number of pyridine rings is 1. The second-order valence-electron chi connectivity index (χ2n) is 6.31. The van der Waals surface area contributed by atoms with Gasteiger partial charge >= 0.3 is 5.97 Å². The van der Waals surface area contributed by atoms with Crippen molar-refractivity contribution in [1.82, 2.24) is 9.88 Å². The summed E-state index contributed by atoms with van der Waals surface area (Å²) >= 11 is 1.73. The Hall–Kier alpha value is -1.72. The Morgan fingerprint density at radius 1 is 1.43 bits per heavy atom. The van der Waals surface area contributed by atoms with E-state index < -0.39 is 5.97 Å². The van der Waals surface area contributed by atoms with E-state index in [4.69, 9.17) is 4.98 Å². The lowest BCUT2D eigenvalue weighted by Crippen LogP contribution is -2.41. The number of aryl methyl sites for hydroxylation is 2. The lowest BCUT2D eigenvalue weighted by atomic mass is 9.95. The maximum Gasteiger partial charge on any atom is 0.307 e. The standard InChI is InChI=1S/C18H22N2O2S/c1-12-9-16(23-11-12)17(15-7-3-5-13(2)19-15)20-8-4-6-14(10-20)18(21)22/h3,5,7,9,11,14,17H,4,6,8,10H2,1-2H3,(H,21,22). The molecular weight excluding hydrogens is 308 g/mol. The van der Waals surface area contributed by atoms with E-state index >= 15 is 0 Å². The molecule has 0 amide bonds. The lowest BCUT2D eigenvalue weighted by Gasteiger charge is -2.36. The molecule has 0 spiro atoms. The molecule has 3 heterocycles. The number of aromatic nitrogens is 1. The molecule has 4 nitrogen and oxygen atoms in total. The van der Waals surface area contributed by atoms with E-state index in [1.807, 2.05) is 19.1 Å². The lowest BCUT2D eigenvalue weighted by molar-refractivity contribution is -0.143. The van der Waals surface area contributed by atoms with Crippen LogP contribution in [0.3, 0.4) is 0 Å². The molecule has 2 unspecified atom stereocenters. The minimum atomic E-state index is -0.687. The zero-order valence-corrected chi connectivity index (χ0v) is 14.3. The average Bonchev–Trinajstić information content (AvgIpc) is 2.94. The zero-order valence-electron chi connectivity index (χ0n) is 13.5. The number of rotatable bonds is 4. The van der Waals surface area contributed by atoms with Gasteiger partial charge in [0.15, 0.2) is 0 Å². The Morgan fingerprint density at radius 3 is 2.91 bits per heavy atom. The van der Waals surface area contributed by atoms with Crippen LogP contribution in [0, 0.1) is 19.8 Å². The third kappa shape index (κ3) is 3.62. The highest BCUT2D eigenvalue weighted by molar-refractivity contribution is 7.10. The van der Waals surface area contributed by atoms with Crippen LogP contribution in [0.2, 0.25) is 0 Å². The van der Waals surface area contributed by atoms with Gasteiger partial charge in [-0.25, -0.2) is 0 Å². The van der Waals surface area contributed by atoms with E-state index in [1.54, 1.807) is 11.3 Å². The minimum Gasteiger partial charge on any atom is -0.481 e. The highest BCUT2D eigenvalue weighted by Crippen LogP contribution is 2.35. The zero-order chi connectivity index (χ0) is 16.4. The molecule has 23 heavy (non-hydrogen) atoms. The second kappa shape index (κ2) is 6.81. The topological polar surface area (TPSA) is 53.4 Å². The van der Waals surface area contributed by atoms with E-state index in [2.05, 4.69) is 29.3 Å². The summed E-state index contributed by atoms with van der Waals surface area (Å²) in [6.07, 6.45) is 1.69. The molecule has 122 valence electrons. The van der Waals surface area contributed by atoms with Gasteiger partial charge in [0.25, 0.3) is 0 Å². The molecule has 0 saturated carbocycles. The first-order chi connectivity index (χ1) is 11.0. The number of hydrogen-bond donors (Lipinski definition) is 1. The highest BCUT2D eigenvalue weighted by Gasteiger charge is 2.32. The van der Waals surface area contributed by atoms with Crippen LogP contribution >= 0.6 is 11.3 Å². The number of carboxylic acid groups (broad SMARTS) is 1. The van der Waals surface area contributed by atoms with Crippen molar-refractivity contribution in [2.75, 3.05) is 13.1 Å². The predicted octanol–water partition coefficient (Wildman–Crippen LogP) is 3.65. The molecule has 0 radical (unpaired) electrons. The Kier molecular flexibility index (Phi) is 4.78. The number of piperidine rings is 1. The fraction of sp³-hybridized carbons (Fsp3) is 0.444. The van der Waals surface area contributed by atoms with Crippen molar-refractivity contribution in [3.8, 4) is 0 Å². The van der Waals surface area contributed by atoms with E-state index in [1.165, 1.54) is 10.4 Å². The van der Waals surface area contributed by atoms with Crippen LogP contribution in [0.15, 0.2) is 29.6 Å². The van der Waals surface area contributed by atoms with Crippen LogP contribution in [0.5, 0.6) is 0 Å². The quantitative estimate of drug-likeness (QED) is 0.930. The van der Waals surface area contributed by atoms with Gasteiger partial charge in [0.2, 0.25) is 0 Å². The second-order valence-corrected chi connectivity index (χ2v) is 7.25. The summed E-state index contributed by atoms with van der Waals surface area (Å²) in [4.78, 5) is 19.7. The van der Waals surface area contributed by atoms with Crippen molar-refractivity contribution < 1.29 is 9.90 Å². The van der Waals surface area contributed by atoms with Crippen molar-refractivity contribution in [3.63, 3.8) is 0 Å². The molecule has 0 bridgehead atoms. The molecule has 1 saturated heterocycles. The molecule has 0 aromatic carbocycles. The fourth-order valence-electron chi connectivity index (χ4n) is 3.27. The van der Waals surface area contributed by atoms with Gasteiger partial charge in [-0.1, -0.05) is 6.07 Å². The molecule has 1 N–H and O–H groups in total. The summed E-state index contributed by atoms with van der Waals surface area (Å²) in [5, 5.41) is 11.5. The van der Waals surface area contributed by atoms with Crippen molar-refractivity contribution in [2.24, 2.45) is 5.92 Å². The molecule has 1 aliphatic heterocycles. The van der Waals surface area contributed by atoms with Crippen LogP contribution in [0.4, 0.5) is 0 Å². The third-order valence-electron chi connectivity index (χ3n) is 4.38. The SMILES string of the molecule is Cc1csc(C(c2cccc(C)n2)N2CCCC(C(=O)O)C2)c1. The first kappa shape index (κ1) is 16.1. The maximum atomic E-state index is 11.4. The first-order valence-corrected chi connectivity index (χ1v) is 8.88. The number of carboxylic acids is 1. The summed E-state index contributed by atoms with van der Waals surface area (Å²) in [5.41, 5.74) is 3.25. The molecule has 2 atom stereocenters. The summed E-state index contributed by atoms with van der Waals surface area (Å²) in [7, 11) is 0. The van der Waals surface area contributed by atoms with Crippen molar-refractivity contribution in [2.45, 2.75) is 32.7 Å². The van der Waals surface area contributed by atoms with E-state index in [0.29, 0.717) is 6.54 Å². The molecule has 3 rings (SSSR count). The largest absolute Gasteiger partial charge is 0.481 e. The van der Waals surface area contributed by atoms with Crippen molar-refractivity contribution >= 4 is 17.3 Å². The first-order valence-electron chi connectivity index (χ1n) is 8.00. The number of nitrogens with zero attached hydrogens (tertiary/aromatic N) is 2. The fourth-order valence-corrected chi connectivity index (χ4v) is 4.31. The number of likely N-dealkylation sites (tertiary alicyclic amines) is 1. The maximum absolute atomic E-state index is 11.4. The van der Waals surface area contributed by atoms with Gasteiger partial charge in [-0.3, -0.25) is 14.7 Å². The van der Waals surface area contributed by atoms with E-state index in [-0.39, 0.29) is 12.0 Å². The average molecular weight is 330 g/mol. The highest BCUT2D eigenvalue weighted by atomic mass is 32.1. The van der Waals surface area contributed by atoms with Gasteiger partial charge in [-0.2, -0.15) is 0 Å². The monoisotopic (exact) mass is 330 g/mol. The predicted molar refractivity (Wildman–Crippen MR) is 91.8 cm³/mol. The molecular formula is C18H22N2O2S. The summed E-state index contributed by atoms with van der Waals surface area (Å²) in [6, 6.07) is 8.33. The van der Waals surface area contributed by atoms with Gasteiger partial charge in [-0.15, -0.1) is 11.3 Å². The molecule has 5 heteroatoms. The van der Waals surface area contributed by atoms with Crippen LogP contribution in [0.25, 0.3) is 0 Å². The Balaban J connectivity index is 1.96. The smallest absolute Gasteiger partial charge is 0.307 e. The molecule has 2 aromatic heterocycles. The van der Waals surface area contributed by atoms with Gasteiger partial charge in [0.1, 0.15) is 0 Å². The van der Waals surface area contributed by atoms with Crippen LogP contribution in [0.1, 0.15) is 40.7 Å². The van der Waals surface area contributed by atoms with Crippen LogP contribution in [-0.4, -0.2) is 34.0 Å². The molecule has 0 aliphatic carbocycles. The van der Waals surface area contributed by atoms with Crippen molar-refractivity contribution in [3.05, 3.63) is 51.5 Å². The molecule has 1 fully saturated rings. The molecule has 2 aromatic rings. The van der Waals surface area contributed by atoms with E-state index in [0.717, 1.165) is 30.8 Å². The number of thiophene rings is 1. The Morgan fingerprint density at radius 2 is 2.26 bits per heavy atom. The van der Waals surface area contributed by atoms with Crippen LogP contribution in [-0.2, 0) is 4.79 Å². The minimum absolute atomic E-state index is 0.0516. The summed E-state index contributed by atoms with van der Waals surface area (Å²) in [6.45, 7) is 5.60. The van der Waals surface area contributed by atoms with Crippen molar-refractivity contribution in [1.29, 1.82) is 0 Å². The van der Waals surface area contributed by atoms with Gasteiger partial charge < -0.3 is 5.11 Å². The normalized spacial score (nSPS) is 20.3.